The minimum atomic E-state index is -5.47. The standard InChI is InChI=1S/C6H6F6O2/c1-13-3-2-4(14-3,5(7,8)9)6(10,11)12/h3H,2H2,1H3. The van der Waals surface area contributed by atoms with E-state index in [4.69, 9.17) is 0 Å². The molecule has 1 atom stereocenters. The lowest BCUT2D eigenvalue weighted by atomic mass is 9.92. The summed E-state index contributed by atoms with van der Waals surface area (Å²) in [5.41, 5.74) is -4.05. The summed E-state index contributed by atoms with van der Waals surface area (Å²) in [4.78, 5) is 0. The van der Waals surface area contributed by atoms with E-state index in [0.717, 1.165) is 7.11 Å². The summed E-state index contributed by atoms with van der Waals surface area (Å²) in [6, 6.07) is 0. The second kappa shape index (κ2) is 2.99. The molecule has 2 nitrogen and oxygen atoms in total. The van der Waals surface area contributed by atoms with E-state index in [1.807, 2.05) is 0 Å². The van der Waals surface area contributed by atoms with E-state index in [9.17, 15) is 26.3 Å². The van der Waals surface area contributed by atoms with Crippen molar-refractivity contribution >= 4 is 0 Å². The summed E-state index contributed by atoms with van der Waals surface area (Å²) in [5, 5.41) is 0. The van der Waals surface area contributed by atoms with E-state index in [1.54, 1.807) is 0 Å². The Bertz CT molecular complexity index is 197. The molecule has 1 fully saturated rings. The van der Waals surface area contributed by atoms with Gasteiger partial charge in [0.05, 0.1) is 0 Å². The Hall–Kier alpha value is -0.500. The fraction of sp³-hybridized carbons (Fsp3) is 1.00. The monoisotopic (exact) mass is 224 g/mol. The summed E-state index contributed by atoms with van der Waals surface area (Å²) in [5.74, 6) is 0. The Kier molecular flexibility index (Phi) is 2.47. The molecule has 1 saturated heterocycles. The van der Waals surface area contributed by atoms with Crippen molar-refractivity contribution < 1.29 is 35.8 Å². The summed E-state index contributed by atoms with van der Waals surface area (Å²) < 4.78 is 80.3. The average Bonchev–Trinajstić information content (AvgIpc) is 1.77. The Morgan fingerprint density at radius 1 is 1.14 bits per heavy atom. The molecule has 0 spiro atoms. The van der Waals surface area contributed by atoms with E-state index in [0.29, 0.717) is 0 Å². The molecular formula is C6H6F6O2. The number of rotatable bonds is 1. The molecule has 0 aromatic rings. The zero-order valence-electron chi connectivity index (χ0n) is 6.87. The van der Waals surface area contributed by atoms with Crippen molar-refractivity contribution in [3.05, 3.63) is 0 Å². The van der Waals surface area contributed by atoms with Crippen LogP contribution in [-0.4, -0.2) is 31.4 Å². The summed E-state index contributed by atoms with van der Waals surface area (Å²) in [6.45, 7) is 0. The van der Waals surface area contributed by atoms with Gasteiger partial charge < -0.3 is 9.47 Å². The van der Waals surface area contributed by atoms with Crippen LogP contribution in [0, 0.1) is 0 Å². The van der Waals surface area contributed by atoms with Gasteiger partial charge in [-0.25, -0.2) is 0 Å². The topological polar surface area (TPSA) is 18.5 Å². The molecule has 1 heterocycles. The Morgan fingerprint density at radius 3 is 1.71 bits per heavy atom. The average molecular weight is 224 g/mol. The molecule has 14 heavy (non-hydrogen) atoms. The highest BCUT2D eigenvalue weighted by Gasteiger charge is 2.78. The van der Waals surface area contributed by atoms with Crippen LogP contribution >= 0.6 is 0 Å². The quantitative estimate of drug-likeness (QED) is 0.636. The van der Waals surface area contributed by atoms with Crippen molar-refractivity contribution in [3.8, 4) is 0 Å². The van der Waals surface area contributed by atoms with Crippen LogP contribution < -0.4 is 0 Å². The van der Waals surface area contributed by atoms with Gasteiger partial charge in [-0.2, -0.15) is 26.3 Å². The van der Waals surface area contributed by atoms with Crippen molar-refractivity contribution in [3.63, 3.8) is 0 Å². The number of halogens is 6. The van der Waals surface area contributed by atoms with E-state index in [-0.39, 0.29) is 0 Å². The molecule has 1 aliphatic heterocycles. The highest BCUT2D eigenvalue weighted by atomic mass is 19.4. The summed E-state index contributed by atoms with van der Waals surface area (Å²) in [7, 11) is 0.974. The molecule has 84 valence electrons. The lowest BCUT2D eigenvalue weighted by Gasteiger charge is -2.47. The van der Waals surface area contributed by atoms with Crippen molar-refractivity contribution in [2.45, 2.75) is 30.7 Å². The van der Waals surface area contributed by atoms with Gasteiger partial charge in [-0.15, -0.1) is 0 Å². The minimum absolute atomic E-state index is 0.974. The van der Waals surface area contributed by atoms with Gasteiger partial charge in [0.25, 0.3) is 5.60 Å². The van der Waals surface area contributed by atoms with Crippen LogP contribution in [0.25, 0.3) is 0 Å². The summed E-state index contributed by atoms with van der Waals surface area (Å²) in [6.07, 6.45) is -13.6. The first-order valence-electron chi connectivity index (χ1n) is 3.48. The maximum atomic E-state index is 12.1. The number of hydrogen-bond acceptors (Lipinski definition) is 2. The molecule has 0 aromatic heterocycles. The van der Waals surface area contributed by atoms with Crippen molar-refractivity contribution in [1.82, 2.24) is 0 Å². The Balaban J connectivity index is 2.87. The second-order valence-electron chi connectivity index (χ2n) is 2.81. The van der Waals surface area contributed by atoms with Crippen molar-refractivity contribution in [2.24, 2.45) is 0 Å². The molecule has 1 rings (SSSR count). The molecule has 0 aliphatic carbocycles. The van der Waals surface area contributed by atoms with Crippen LogP contribution in [0.15, 0.2) is 0 Å². The zero-order valence-corrected chi connectivity index (χ0v) is 6.87. The maximum absolute atomic E-state index is 12.1. The van der Waals surface area contributed by atoms with Gasteiger partial charge in [-0.05, 0) is 0 Å². The van der Waals surface area contributed by atoms with Crippen molar-refractivity contribution in [2.75, 3.05) is 7.11 Å². The van der Waals surface area contributed by atoms with Crippen LogP contribution in [0.3, 0.4) is 0 Å². The first-order chi connectivity index (χ1) is 6.14. The fourth-order valence-corrected chi connectivity index (χ4v) is 1.11. The lowest BCUT2D eigenvalue weighted by Crippen LogP contribution is -2.68. The maximum Gasteiger partial charge on any atom is 0.426 e. The summed E-state index contributed by atoms with van der Waals surface area (Å²) >= 11 is 0. The van der Waals surface area contributed by atoms with Crippen LogP contribution in [0.1, 0.15) is 6.42 Å². The molecule has 0 N–H and O–H groups in total. The van der Waals surface area contributed by atoms with E-state index in [1.165, 1.54) is 0 Å². The number of hydrogen-bond donors (Lipinski definition) is 0. The fourth-order valence-electron chi connectivity index (χ4n) is 1.11. The predicted octanol–water partition coefficient (Wildman–Crippen LogP) is 2.24. The van der Waals surface area contributed by atoms with Crippen LogP contribution in [0.2, 0.25) is 0 Å². The number of ether oxygens (including phenoxy) is 2. The molecule has 0 saturated carbocycles. The van der Waals surface area contributed by atoms with Crippen LogP contribution in [0.5, 0.6) is 0 Å². The van der Waals surface area contributed by atoms with Gasteiger partial charge in [0, 0.05) is 13.5 Å². The molecule has 8 heteroatoms. The van der Waals surface area contributed by atoms with E-state index >= 15 is 0 Å². The predicted molar refractivity (Wildman–Crippen MR) is 31.3 cm³/mol. The third-order valence-corrected chi connectivity index (χ3v) is 1.97. The highest BCUT2D eigenvalue weighted by Crippen LogP contribution is 2.54. The van der Waals surface area contributed by atoms with E-state index in [2.05, 4.69) is 9.47 Å². The third-order valence-electron chi connectivity index (χ3n) is 1.97. The first kappa shape index (κ1) is 11.6. The molecule has 1 unspecified atom stereocenters. The Labute approximate surface area is 74.8 Å². The van der Waals surface area contributed by atoms with Crippen molar-refractivity contribution in [1.29, 1.82) is 0 Å². The van der Waals surface area contributed by atoms with Crippen LogP contribution in [-0.2, 0) is 9.47 Å². The highest BCUT2D eigenvalue weighted by molar-refractivity contribution is 5.02. The number of alkyl halides is 6. The largest absolute Gasteiger partial charge is 0.426 e. The van der Waals surface area contributed by atoms with Gasteiger partial charge in [-0.1, -0.05) is 0 Å². The van der Waals surface area contributed by atoms with Gasteiger partial charge in [0.2, 0.25) is 0 Å². The smallest absolute Gasteiger partial charge is 0.356 e. The molecule has 1 aliphatic rings. The van der Waals surface area contributed by atoms with Gasteiger partial charge in [0.1, 0.15) is 0 Å². The molecule has 0 amide bonds. The van der Waals surface area contributed by atoms with Gasteiger partial charge >= 0.3 is 12.4 Å². The van der Waals surface area contributed by atoms with Gasteiger partial charge in [0.15, 0.2) is 6.29 Å². The zero-order chi connectivity index (χ0) is 11.2. The molecule has 0 aromatic carbocycles. The lowest BCUT2D eigenvalue weighted by molar-refractivity contribution is -0.467. The SMILES string of the molecule is COC1CC(C(F)(F)F)(C(F)(F)F)O1. The Morgan fingerprint density at radius 2 is 1.50 bits per heavy atom. The second-order valence-corrected chi connectivity index (χ2v) is 2.81. The molecule has 0 radical (unpaired) electrons. The first-order valence-corrected chi connectivity index (χ1v) is 3.48. The molecule has 0 bridgehead atoms. The normalized spacial score (nSPS) is 27.2. The molecular weight excluding hydrogens is 218 g/mol. The van der Waals surface area contributed by atoms with Crippen LogP contribution in [0.4, 0.5) is 26.3 Å². The van der Waals surface area contributed by atoms with Gasteiger partial charge in [-0.3, -0.25) is 0 Å². The third kappa shape index (κ3) is 1.46. The minimum Gasteiger partial charge on any atom is -0.356 e. The number of methoxy groups -OCH3 is 1. The van der Waals surface area contributed by atoms with E-state index < -0.39 is 30.7 Å².